The Labute approximate surface area is 100 Å². The Morgan fingerprint density at radius 2 is 2.25 bits per heavy atom. The van der Waals surface area contributed by atoms with Gasteiger partial charge in [-0.1, -0.05) is 32.9 Å². The minimum absolute atomic E-state index is 0.0927. The number of rotatable bonds is 3. The molecule has 5 heteroatoms. The van der Waals surface area contributed by atoms with Crippen molar-refractivity contribution in [1.29, 1.82) is 0 Å². The summed E-state index contributed by atoms with van der Waals surface area (Å²) in [6.45, 7) is 7.83. The Morgan fingerprint density at radius 3 is 2.69 bits per heavy atom. The molecule has 1 rings (SSSR count). The third-order valence-corrected chi connectivity index (χ3v) is 2.67. The highest BCUT2D eigenvalue weighted by molar-refractivity contribution is 6.19. The van der Waals surface area contributed by atoms with Crippen molar-refractivity contribution in [3.63, 3.8) is 0 Å². The van der Waals surface area contributed by atoms with Crippen molar-refractivity contribution in [2.75, 3.05) is 11.2 Å². The zero-order valence-corrected chi connectivity index (χ0v) is 10.8. The molecule has 1 unspecified atom stereocenters. The summed E-state index contributed by atoms with van der Waals surface area (Å²) in [7, 11) is 0. The van der Waals surface area contributed by atoms with Gasteiger partial charge in [-0.25, -0.2) is 0 Å². The van der Waals surface area contributed by atoms with Crippen molar-refractivity contribution in [3.05, 3.63) is 11.8 Å². The lowest BCUT2D eigenvalue weighted by atomic mass is 9.92. The molecule has 1 amide bonds. The largest absolute Gasteiger partial charge is 0.338 e. The number of alkyl halides is 1. The van der Waals surface area contributed by atoms with Gasteiger partial charge in [0.15, 0.2) is 0 Å². The van der Waals surface area contributed by atoms with E-state index in [9.17, 15) is 4.79 Å². The zero-order valence-electron chi connectivity index (χ0n) is 10.0. The summed E-state index contributed by atoms with van der Waals surface area (Å²) in [5.74, 6) is 0.245. The predicted molar refractivity (Wildman–Crippen MR) is 63.7 cm³/mol. The van der Waals surface area contributed by atoms with Crippen molar-refractivity contribution in [1.82, 2.24) is 5.16 Å². The first-order chi connectivity index (χ1) is 7.34. The van der Waals surface area contributed by atoms with Crippen molar-refractivity contribution >= 4 is 23.4 Å². The molecule has 0 aromatic carbocycles. The molecule has 1 aromatic rings. The fraction of sp³-hybridized carbons (Fsp3) is 0.636. The van der Waals surface area contributed by atoms with Gasteiger partial charge in [0.25, 0.3) is 0 Å². The molecule has 0 saturated carbocycles. The standard InChI is InChI=1S/C11H17ClN2O2/c1-7(6-12)10(15)13-9-5-8(14-16-9)11(2,3)4/h5,7H,6H2,1-4H3,(H,13,15). The normalized spacial score (nSPS) is 13.6. The maximum absolute atomic E-state index is 11.5. The average molecular weight is 245 g/mol. The zero-order chi connectivity index (χ0) is 12.3. The second kappa shape index (κ2) is 4.87. The molecule has 0 aliphatic heterocycles. The summed E-state index contributed by atoms with van der Waals surface area (Å²) < 4.78 is 5.03. The Balaban J connectivity index is 2.70. The van der Waals surface area contributed by atoms with Gasteiger partial charge in [0.1, 0.15) is 0 Å². The van der Waals surface area contributed by atoms with Crippen molar-refractivity contribution in [2.45, 2.75) is 33.1 Å². The van der Waals surface area contributed by atoms with E-state index in [2.05, 4.69) is 10.5 Å². The van der Waals surface area contributed by atoms with Crippen LogP contribution >= 0.6 is 11.6 Å². The molecule has 4 nitrogen and oxygen atoms in total. The van der Waals surface area contributed by atoms with Gasteiger partial charge in [-0.2, -0.15) is 0 Å². The molecule has 16 heavy (non-hydrogen) atoms. The molecule has 0 fully saturated rings. The van der Waals surface area contributed by atoms with E-state index in [1.807, 2.05) is 20.8 Å². The molecule has 1 aromatic heterocycles. The number of nitrogens with zero attached hydrogens (tertiary/aromatic N) is 1. The molecule has 90 valence electrons. The third-order valence-electron chi connectivity index (χ3n) is 2.20. The highest BCUT2D eigenvalue weighted by Gasteiger charge is 2.20. The lowest BCUT2D eigenvalue weighted by Crippen LogP contribution is -2.21. The van der Waals surface area contributed by atoms with Crippen LogP contribution in [0.15, 0.2) is 10.6 Å². The second-order valence-corrected chi connectivity index (χ2v) is 5.18. The minimum Gasteiger partial charge on any atom is -0.338 e. The van der Waals surface area contributed by atoms with Gasteiger partial charge < -0.3 is 4.52 Å². The highest BCUT2D eigenvalue weighted by Crippen LogP contribution is 2.23. The fourth-order valence-corrected chi connectivity index (χ4v) is 1.14. The van der Waals surface area contributed by atoms with Crippen LogP contribution in [0.5, 0.6) is 0 Å². The number of carbonyl (C=O) groups is 1. The van der Waals surface area contributed by atoms with Gasteiger partial charge in [0.05, 0.1) is 5.69 Å². The first-order valence-electron chi connectivity index (χ1n) is 5.18. The minimum atomic E-state index is -0.246. The van der Waals surface area contributed by atoms with E-state index in [4.69, 9.17) is 16.1 Å². The number of aromatic nitrogens is 1. The van der Waals surface area contributed by atoms with Gasteiger partial charge >= 0.3 is 0 Å². The summed E-state index contributed by atoms with van der Waals surface area (Å²) in [5.41, 5.74) is 0.714. The van der Waals surface area contributed by atoms with Gasteiger partial charge in [0.2, 0.25) is 11.8 Å². The van der Waals surface area contributed by atoms with Gasteiger partial charge in [-0.3, -0.25) is 10.1 Å². The van der Waals surface area contributed by atoms with Crippen LogP contribution in [0.1, 0.15) is 33.4 Å². The number of hydrogen-bond acceptors (Lipinski definition) is 3. The highest BCUT2D eigenvalue weighted by atomic mass is 35.5. The fourth-order valence-electron chi connectivity index (χ4n) is 1.00. The Kier molecular flexibility index (Phi) is 3.97. The maximum Gasteiger partial charge on any atom is 0.231 e. The predicted octanol–water partition coefficient (Wildman–Crippen LogP) is 2.79. The van der Waals surface area contributed by atoms with E-state index < -0.39 is 0 Å². The van der Waals surface area contributed by atoms with E-state index in [-0.39, 0.29) is 23.1 Å². The van der Waals surface area contributed by atoms with Crippen LogP contribution < -0.4 is 5.32 Å². The molecule has 0 radical (unpaired) electrons. The molecule has 1 atom stereocenters. The summed E-state index contributed by atoms with van der Waals surface area (Å²) in [5, 5.41) is 6.54. The number of carbonyl (C=O) groups excluding carboxylic acids is 1. The molecule has 1 N–H and O–H groups in total. The van der Waals surface area contributed by atoms with Crippen LogP contribution in [-0.2, 0) is 10.2 Å². The molecule has 0 bridgehead atoms. The molecular formula is C11H17ClN2O2. The van der Waals surface area contributed by atoms with Crippen LogP contribution in [0.3, 0.4) is 0 Å². The number of amides is 1. The number of halogens is 1. The third kappa shape index (κ3) is 3.23. The Morgan fingerprint density at radius 1 is 1.62 bits per heavy atom. The van der Waals surface area contributed by atoms with Crippen molar-refractivity contribution in [3.8, 4) is 0 Å². The van der Waals surface area contributed by atoms with Crippen molar-refractivity contribution in [2.24, 2.45) is 5.92 Å². The lowest BCUT2D eigenvalue weighted by molar-refractivity contribution is -0.118. The van der Waals surface area contributed by atoms with E-state index in [1.54, 1.807) is 13.0 Å². The summed E-state index contributed by atoms with van der Waals surface area (Å²) >= 11 is 5.58. The molecule has 0 spiro atoms. The van der Waals surface area contributed by atoms with E-state index in [0.717, 1.165) is 5.69 Å². The summed E-state index contributed by atoms with van der Waals surface area (Å²) in [6.07, 6.45) is 0. The van der Waals surface area contributed by atoms with Crippen LogP contribution in [0.25, 0.3) is 0 Å². The van der Waals surface area contributed by atoms with Crippen LogP contribution in [0.4, 0.5) is 5.88 Å². The number of nitrogens with one attached hydrogen (secondary N) is 1. The van der Waals surface area contributed by atoms with Gasteiger partial charge in [-0.05, 0) is 0 Å². The monoisotopic (exact) mass is 244 g/mol. The van der Waals surface area contributed by atoms with Crippen LogP contribution in [-0.4, -0.2) is 16.9 Å². The van der Waals surface area contributed by atoms with Crippen LogP contribution in [0, 0.1) is 5.92 Å². The molecule has 0 aliphatic rings. The molecule has 0 saturated heterocycles. The number of hydrogen-bond donors (Lipinski definition) is 1. The van der Waals surface area contributed by atoms with Gasteiger partial charge in [0, 0.05) is 23.3 Å². The van der Waals surface area contributed by atoms with Gasteiger partial charge in [-0.15, -0.1) is 11.6 Å². The van der Waals surface area contributed by atoms with Crippen molar-refractivity contribution < 1.29 is 9.32 Å². The maximum atomic E-state index is 11.5. The lowest BCUT2D eigenvalue weighted by Gasteiger charge is -2.12. The summed E-state index contributed by atoms with van der Waals surface area (Å²) in [6, 6.07) is 1.73. The number of anilines is 1. The molecular weight excluding hydrogens is 228 g/mol. The SMILES string of the molecule is CC(CCl)C(=O)Nc1cc(C(C)(C)C)no1. The smallest absolute Gasteiger partial charge is 0.231 e. The van der Waals surface area contributed by atoms with E-state index in [0.29, 0.717) is 5.88 Å². The van der Waals surface area contributed by atoms with E-state index in [1.165, 1.54) is 0 Å². The summed E-state index contributed by atoms with van der Waals surface area (Å²) in [4.78, 5) is 11.5. The Hall–Kier alpha value is -1.03. The average Bonchev–Trinajstić information content (AvgIpc) is 2.64. The Bertz CT molecular complexity index is 368. The molecule has 1 heterocycles. The first kappa shape index (κ1) is 13.0. The topological polar surface area (TPSA) is 55.1 Å². The van der Waals surface area contributed by atoms with Crippen LogP contribution in [0.2, 0.25) is 0 Å². The molecule has 0 aliphatic carbocycles. The second-order valence-electron chi connectivity index (χ2n) is 4.87. The quantitative estimate of drug-likeness (QED) is 0.832. The first-order valence-corrected chi connectivity index (χ1v) is 5.72. The van der Waals surface area contributed by atoms with E-state index >= 15 is 0 Å².